The molecule has 0 bridgehead atoms. The van der Waals surface area contributed by atoms with Gasteiger partial charge < -0.3 is 5.48 Å². The molecule has 11 heavy (non-hydrogen) atoms. The Morgan fingerprint density at radius 1 is 0.727 bits per heavy atom. The molecule has 0 radical (unpaired) electrons. The third-order valence-electron chi connectivity index (χ3n) is 0. The van der Waals surface area contributed by atoms with E-state index in [1.165, 1.54) is 0 Å². The Kier molecular flexibility index (Phi) is 1470. The molecule has 0 unspecified atom stereocenters. The first kappa shape index (κ1) is 89.2. The number of hydrogen-bond acceptors (Lipinski definition) is 3. The van der Waals surface area contributed by atoms with Crippen LogP contribution in [0.25, 0.3) is 0 Å². The van der Waals surface area contributed by atoms with Crippen molar-refractivity contribution < 1.29 is 161 Å². The van der Waals surface area contributed by atoms with E-state index in [2.05, 4.69) is 0 Å². The van der Waals surface area contributed by atoms with Crippen LogP contribution in [0, 0.1) is 0 Å². The van der Waals surface area contributed by atoms with E-state index < -0.39 is 0 Å². The van der Waals surface area contributed by atoms with Gasteiger partial charge in [-0.05, 0) is 0 Å². The molecule has 4 nitrogen and oxygen atoms in total. The molecule has 0 heterocycles. The first-order valence-corrected chi connectivity index (χ1v) is 1.19. The first-order chi connectivity index (χ1) is 2.00. The van der Waals surface area contributed by atoms with Crippen LogP contribution < -0.4 is 103 Å². The summed E-state index contributed by atoms with van der Waals surface area (Å²) in [6, 6.07) is 0. The van der Waals surface area contributed by atoms with Crippen molar-refractivity contribution in [1.82, 2.24) is 0 Å². The summed E-state index contributed by atoms with van der Waals surface area (Å²) in [5, 5.41) is 12.0. The van der Waals surface area contributed by atoms with Crippen LogP contribution in [-0.2, 0) is 23.2 Å². The van der Waals surface area contributed by atoms with Crippen LogP contribution in [0.3, 0.4) is 0 Å². The van der Waals surface area contributed by atoms with Gasteiger partial charge in [0.1, 0.15) is 0 Å². The number of halogens is 4. The van der Waals surface area contributed by atoms with Crippen molar-refractivity contribution in [2.45, 2.75) is 0 Å². The zero-order chi connectivity index (χ0) is 4.00. The van der Waals surface area contributed by atoms with E-state index in [1.807, 2.05) is 0 Å². The summed E-state index contributed by atoms with van der Waals surface area (Å²) in [6.07, 6.45) is 0. The summed E-state index contributed by atoms with van der Waals surface area (Å²) in [6.45, 7) is 0. The van der Waals surface area contributed by atoms with Crippen molar-refractivity contribution in [3.05, 3.63) is 0 Å². The summed E-state index contributed by atoms with van der Waals surface area (Å²) >= 11 is 0.700. The molecule has 11 heteroatoms. The van der Waals surface area contributed by atoms with Gasteiger partial charge in [-0.1, -0.05) is 0 Å². The van der Waals surface area contributed by atoms with Gasteiger partial charge in [-0.3, -0.25) is 29.3 Å². The second-order valence-electron chi connectivity index (χ2n) is 0. The Bertz CT molecular complexity index is 20.1. The van der Waals surface area contributed by atoms with Gasteiger partial charge in [0.15, 0.2) is 0 Å². The minimum atomic E-state index is 0. The quantitative estimate of drug-likeness (QED) is 0.201. The fraction of sp³-hybridized carbons (Fsp3) is 0. The monoisotopic (exact) mass is 324 g/mol. The molecular formula is H8F4K2MoO4+2. The van der Waals surface area contributed by atoms with Crippen molar-refractivity contribution >= 4 is 0 Å². The van der Waals surface area contributed by atoms with Crippen LogP contribution in [-0.4, -0.2) is 16.0 Å². The maximum absolute atomic E-state index is 8.26. The van der Waals surface area contributed by atoms with Crippen LogP contribution in [0.5, 0.6) is 0 Å². The van der Waals surface area contributed by atoms with Crippen LogP contribution >= 0.6 is 0 Å². The van der Waals surface area contributed by atoms with Crippen LogP contribution in [0.4, 0.5) is 18.8 Å². The van der Waals surface area contributed by atoms with Crippen LogP contribution in [0.1, 0.15) is 0 Å². The molecule has 0 saturated heterocycles. The Labute approximate surface area is 157 Å². The molecule has 0 amide bonds. The summed E-state index contributed by atoms with van der Waals surface area (Å²) in [5.41, 5.74) is 0. The molecule has 0 aromatic carbocycles. The predicted octanol–water partition coefficient (Wildman–Crippen LogP) is -6.31. The van der Waals surface area contributed by atoms with E-state index >= 15 is 0 Å². The van der Waals surface area contributed by atoms with Crippen molar-refractivity contribution in [2.24, 2.45) is 0 Å². The summed E-state index contributed by atoms with van der Waals surface area (Å²) < 4.78 is 8.26. The van der Waals surface area contributed by atoms with Gasteiger partial charge >= 0.3 is 126 Å². The van der Waals surface area contributed by atoms with E-state index in [0.29, 0.717) is 19.8 Å². The van der Waals surface area contributed by atoms with Gasteiger partial charge in [0.25, 0.3) is 0 Å². The molecule has 0 atom stereocenters. The fourth-order valence-electron chi connectivity index (χ4n) is 0. The number of rotatable bonds is 0. The molecule has 0 aliphatic carbocycles. The van der Waals surface area contributed by atoms with E-state index in [-0.39, 0.29) is 127 Å². The van der Waals surface area contributed by atoms with Gasteiger partial charge in [0.05, 0.1) is 0 Å². The van der Waals surface area contributed by atoms with Gasteiger partial charge in [-0.25, -0.2) is 0 Å². The van der Waals surface area contributed by atoms with E-state index in [0.717, 1.165) is 0 Å². The summed E-state index contributed by atoms with van der Waals surface area (Å²) in [7, 11) is 0. The average Bonchev–Trinajstić information content (AvgIpc) is 1.50. The SMILES string of the molecule is F.F.F.F.O.OO.[K+].[K+].[O]=[Mo]. The summed E-state index contributed by atoms with van der Waals surface area (Å²) in [5.74, 6) is 0. The van der Waals surface area contributed by atoms with Gasteiger partial charge in [0, 0.05) is 0 Å². The van der Waals surface area contributed by atoms with Crippen molar-refractivity contribution in [3.8, 4) is 0 Å². The molecule has 0 rings (SSSR count). The molecule has 0 aromatic rings. The normalized spacial score (nSPS) is 0.909. The summed E-state index contributed by atoms with van der Waals surface area (Å²) in [4.78, 5) is 0. The Hall–Kier alpha value is 3.36. The molecule has 0 saturated carbocycles. The van der Waals surface area contributed by atoms with Crippen LogP contribution in [0.2, 0.25) is 0 Å². The van der Waals surface area contributed by atoms with Gasteiger partial charge in [-0.15, -0.1) is 0 Å². The van der Waals surface area contributed by atoms with Gasteiger partial charge in [-0.2, -0.15) is 0 Å². The average molecular weight is 322 g/mol. The first-order valence-electron chi connectivity index (χ1n) is 0.367. The van der Waals surface area contributed by atoms with Gasteiger partial charge in [0.2, 0.25) is 0 Å². The van der Waals surface area contributed by atoms with Crippen molar-refractivity contribution in [1.29, 1.82) is 0 Å². The van der Waals surface area contributed by atoms with E-state index in [1.54, 1.807) is 0 Å². The minimum absolute atomic E-state index is 0. The van der Waals surface area contributed by atoms with Crippen molar-refractivity contribution in [2.75, 3.05) is 0 Å². The Morgan fingerprint density at radius 3 is 0.727 bits per heavy atom. The Balaban J connectivity index is -0.000000000635. The zero-order valence-corrected chi connectivity index (χ0v) is 14.1. The Morgan fingerprint density at radius 2 is 0.727 bits per heavy atom. The third kappa shape index (κ3) is 153. The maximum atomic E-state index is 8.26. The molecule has 0 aliphatic heterocycles. The molecule has 0 aliphatic rings. The van der Waals surface area contributed by atoms with E-state index in [9.17, 15) is 0 Å². The second-order valence-corrected chi connectivity index (χ2v) is 0. The zero-order valence-electron chi connectivity index (χ0n) is 5.84. The molecule has 0 aromatic heterocycles. The third-order valence-corrected chi connectivity index (χ3v) is 0. The topological polar surface area (TPSA) is 89.0 Å². The van der Waals surface area contributed by atoms with Crippen LogP contribution in [0.15, 0.2) is 0 Å². The fourth-order valence-corrected chi connectivity index (χ4v) is 0. The molecule has 0 fully saturated rings. The number of hydrogen-bond donors (Lipinski definition) is 2. The standard InChI is InChI=1S/4FH.2K.Mo.H2O2.H2O.O/c;;;;;;;1-2;;/h4*1H;;;;1-2H;1H2;/q;;;;2*+1;;;;. The second kappa shape index (κ2) is 181. The molecule has 66 valence electrons. The van der Waals surface area contributed by atoms with Crippen molar-refractivity contribution in [3.63, 3.8) is 0 Å². The predicted molar refractivity (Wildman–Crippen MR) is 19.6 cm³/mol. The molecular weight excluding hydrogens is 314 g/mol. The van der Waals surface area contributed by atoms with E-state index in [4.69, 9.17) is 13.9 Å². The molecule has 0 spiro atoms. The molecule has 4 N–H and O–H groups in total.